The summed E-state index contributed by atoms with van der Waals surface area (Å²) in [6.45, 7) is 2.79. The summed E-state index contributed by atoms with van der Waals surface area (Å²) in [6.07, 6.45) is 3.66. The summed E-state index contributed by atoms with van der Waals surface area (Å²) in [5.41, 5.74) is 2.92. The van der Waals surface area contributed by atoms with Crippen LogP contribution in [0.5, 0.6) is 0 Å². The van der Waals surface area contributed by atoms with E-state index in [1.54, 1.807) is 21.9 Å². The molecule has 0 aliphatic carbocycles. The number of aryl methyl sites for hydroxylation is 1. The van der Waals surface area contributed by atoms with E-state index in [4.69, 9.17) is 17.5 Å². The summed E-state index contributed by atoms with van der Waals surface area (Å²) in [5, 5.41) is 16.0. The number of pyridine rings is 1. The van der Waals surface area contributed by atoms with Gasteiger partial charge in [0.1, 0.15) is 6.54 Å². The van der Waals surface area contributed by atoms with Crippen LogP contribution in [0.3, 0.4) is 0 Å². The first-order chi connectivity index (χ1) is 13.6. The van der Waals surface area contributed by atoms with Gasteiger partial charge in [0.15, 0.2) is 10.6 Å². The van der Waals surface area contributed by atoms with E-state index in [-0.39, 0.29) is 18.9 Å². The second-order valence-electron chi connectivity index (χ2n) is 6.39. The van der Waals surface area contributed by atoms with Gasteiger partial charge in [-0.2, -0.15) is 10.4 Å². The van der Waals surface area contributed by atoms with Crippen molar-refractivity contribution in [1.82, 2.24) is 24.6 Å². The van der Waals surface area contributed by atoms with E-state index in [0.29, 0.717) is 23.7 Å². The number of carbonyl (C=O) groups excluding carboxylic acids is 1. The number of aromatic nitrogens is 4. The monoisotopic (exact) mass is 392 g/mol. The normalized spacial score (nSPS) is 10.4. The Balaban J connectivity index is 1.83. The van der Waals surface area contributed by atoms with Gasteiger partial charge in [-0.25, -0.2) is 0 Å². The second-order valence-corrected chi connectivity index (χ2v) is 6.78. The predicted molar refractivity (Wildman–Crippen MR) is 107 cm³/mol. The molecule has 1 amide bonds. The fourth-order valence-corrected chi connectivity index (χ4v) is 3.01. The lowest BCUT2D eigenvalue weighted by atomic mass is 10.1. The predicted octanol–water partition coefficient (Wildman–Crippen LogP) is 3.25. The maximum atomic E-state index is 13.0. The number of hydrogen-bond donors (Lipinski definition) is 1. The molecule has 0 fully saturated rings. The Morgan fingerprint density at radius 2 is 2.11 bits per heavy atom. The molecule has 0 aliphatic heterocycles. The average Bonchev–Trinajstić information content (AvgIpc) is 3.07. The zero-order valence-electron chi connectivity index (χ0n) is 15.5. The fraction of sp³-hybridized carbons (Fsp3) is 0.250. The number of nitrogens with zero attached hydrogens (tertiary/aromatic N) is 5. The van der Waals surface area contributed by atoms with Crippen LogP contribution in [0.2, 0.25) is 0 Å². The standard InChI is InChI=1S/C20H20N6OS/c1-15-5-7-17(8-6-15)19-23-24-20(28)26(19)14-18(27)25(11-3-9-21)13-16-4-2-10-22-12-16/h2,4-8,10,12H,3,11,13-14H2,1H3,(H,24,28). The number of nitrogens with one attached hydrogen (secondary N) is 1. The van der Waals surface area contributed by atoms with Crippen LogP contribution in [0.1, 0.15) is 17.5 Å². The van der Waals surface area contributed by atoms with Gasteiger partial charge in [0.25, 0.3) is 0 Å². The molecule has 0 atom stereocenters. The first kappa shape index (κ1) is 19.5. The molecule has 0 radical (unpaired) electrons. The van der Waals surface area contributed by atoms with E-state index in [1.165, 1.54) is 0 Å². The van der Waals surface area contributed by atoms with Crippen LogP contribution in [-0.2, 0) is 17.9 Å². The van der Waals surface area contributed by atoms with E-state index in [2.05, 4.69) is 21.3 Å². The first-order valence-corrected chi connectivity index (χ1v) is 9.25. The van der Waals surface area contributed by atoms with Crippen molar-refractivity contribution in [3.8, 4) is 17.5 Å². The number of nitriles is 1. The number of hydrogen-bond acceptors (Lipinski definition) is 5. The Labute approximate surface area is 168 Å². The molecule has 0 aliphatic rings. The molecule has 2 heterocycles. The maximum Gasteiger partial charge on any atom is 0.243 e. The number of rotatable bonds is 7. The van der Waals surface area contributed by atoms with E-state index in [0.717, 1.165) is 16.7 Å². The molecular weight excluding hydrogens is 372 g/mol. The number of aromatic amines is 1. The molecular formula is C20H20N6OS. The molecule has 2 aromatic heterocycles. The summed E-state index contributed by atoms with van der Waals surface area (Å²) < 4.78 is 2.07. The lowest BCUT2D eigenvalue weighted by molar-refractivity contribution is -0.132. The highest BCUT2D eigenvalue weighted by molar-refractivity contribution is 7.71. The Hall–Kier alpha value is -3.31. The summed E-state index contributed by atoms with van der Waals surface area (Å²) >= 11 is 5.33. The number of benzene rings is 1. The van der Waals surface area contributed by atoms with E-state index in [1.807, 2.05) is 43.3 Å². The van der Waals surface area contributed by atoms with Gasteiger partial charge in [0.05, 0.1) is 12.5 Å². The summed E-state index contributed by atoms with van der Waals surface area (Å²) in [5.74, 6) is 0.477. The van der Waals surface area contributed by atoms with Gasteiger partial charge >= 0.3 is 0 Å². The van der Waals surface area contributed by atoms with Crippen LogP contribution >= 0.6 is 12.2 Å². The highest BCUT2D eigenvalue weighted by atomic mass is 32.1. The van der Waals surface area contributed by atoms with Crippen LogP contribution in [0.4, 0.5) is 0 Å². The van der Waals surface area contributed by atoms with Crippen molar-refractivity contribution in [2.75, 3.05) is 6.54 Å². The molecule has 0 unspecified atom stereocenters. The van der Waals surface area contributed by atoms with Gasteiger partial charge in [0, 0.05) is 31.0 Å². The van der Waals surface area contributed by atoms with E-state index >= 15 is 0 Å². The van der Waals surface area contributed by atoms with Crippen molar-refractivity contribution >= 4 is 18.1 Å². The van der Waals surface area contributed by atoms with Gasteiger partial charge in [-0.05, 0) is 30.8 Å². The minimum absolute atomic E-state index is 0.0459. The molecule has 0 saturated heterocycles. The minimum atomic E-state index is -0.134. The highest BCUT2D eigenvalue weighted by Gasteiger charge is 2.18. The topological polar surface area (TPSA) is 90.6 Å². The lowest BCUT2D eigenvalue weighted by Gasteiger charge is -2.22. The molecule has 28 heavy (non-hydrogen) atoms. The van der Waals surface area contributed by atoms with Gasteiger partial charge in [-0.1, -0.05) is 35.9 Å². The summed E-state index contributed by atoms with van der Waals surface area (Å²) in [7, 11) is 0. The van der Waals surface area contributed by atoms with Crippen molar-refractivity contribution in [3.05, 3.63) is 64.7 Å². The van der Waals surface area contributed by atoms with Crippen molar-refractivity contribution < 1.29 is 4.79 Å². The van der Waals surface area contributed by atoms with E-state index in [9.17, 15) is 4.79 Å². The van der Waals surface area contributed by atoms with Crippen LogP contribution in [0.15, 0.2) is 48.8 Å². The third kappa shape index (κ3) is 4.69. The molecule has 3 aromatic rings. The Morgan fingerprint density at radius 3 is 2.79 bits per heavy atom. The number of H-pyrrole nitrogens is 1. The Kier molecular flexibility index (Phi) is 6.29. The molecule has 142 valence electrons. The van der Waals surface area contributed by atoms with Crippen molar-refractivity contribution in [2.45, 2.75) is 26.4 Å². The molecule has 8 heteroatoms. The minimum Gasteiger partial charge on any atom is -0.336 e. The number of amides is 1. The second kappa shape index (κ2) is 9.06. The van der Waals surface area contributed by atoms with Gasteiger partial charge in [-0.3, -0.25) is 19.4 Å². The fourth-order valence-electron chi connectivity index (χ4n) is 2.81. The van der Waals surface area contributed by atoms with Crippen molar-refractivity contribution in [2.24, 2.45) is 0 Å². The molecule has 0 bridgehead atoms. The van der Waals surface area contributed by atoms with Crippen LogP contribution < -0.4 is 0 Å². The zero-order valence-corrected chi connectivity index (χ0v) is 16.3. The molecule has 3 rings (SSSR count). The SMILES string of the molecule is Cc1ccc(-c2n[nH]c(=S)n2CC(=O)N(CCC#N)Cc2cccnc2)cc1. The molecule has 0 saturated carbocycles. The highest BCUT2D eigenvalue weighted by Crippen LogP contribution is 2.18. The van der Waals surface area contributed by atoms with Gasteiger partial charge < -0.3 is 4.90 Å². The van der Waals surface area contributed by atoms with Gasteiger partial charge in [-0.15, -0.1) is 0 Å². The quantitative estimate of drug-likeness (QED) is 0.623. The molecule has 7 nitrogen and oxygen atoms in total. The van der Waals surface area contributed by atoms with Crippen LogP contribution in [0.25, 0.3) is 11.4 Å². The molecule has 0 spiro atoms. The Morgan fingerprint density at radius 1 is 1.32 bits per heavy atom. The largest absolute Gasteiger partial charge is 0.336 e. The van der Waals surface area contributed by atoms with Crippen molar-refractivity contribution in [3.63, 3.8) is 0 Å². The lowest BCUT2D eigenvalue weighted by Crippen LogP contribution is -2.34. The van der Waals surface area contributed by atoms with Gasteiger partial charge in [0.2, 0.25) is 5.91 Å². The van der Waals surface area contributed by atoms with E-state index < -0.39 is 0 Å². The molecule has 1 N–H and O–H groups in total. The average molecular weight is 392 g/mol. The van der Waals surface area contributed by atoms with Crippen molar-refractivity contribution in [1.29, 1.82) is 5.26 Å². The number of carbonyl (C=O) groups is 1. The van der Waals surface area contributed by atoms with Crippen LogP contribution in [-0.4, -0.2) is 37.1 Å². The Bertz CT molecular complexity index is 1030. The van der Waals surface area contributed by atoms with Crippen LogP contribution in [0, 0.1) is 23.0 Å². The summed E-state index contributed by atoms with van der Waals surface area (Å²) in [6, 6.07) is 13.7. The molecule has 1 aromatic carbocycles. The maximum absolute atomic E-state index is 13.0. The summed E-state index contributed by atoms with van der Waals surface area (Å²) in [4.78, 5) is 18.7. The third-order valence-corrected chi connectivity index (χ3v) is 4.62. The zero-order chi connectivity index (χ0) is 19.9. The third-order valence-electron chi connectivity index (χ3n) is 4.30. The smallest absolute Gasteiger partial charge is 0.243 e. The first-order valence-electron chi connectivity index (χ1n) is 8.84.